The Morgan fingerprint density at radius 2 is 1.69 bits per heavy atom. The van der Waals surface area contributed by atoms with Crippen molar-refractivity contribution in [3.63, 3.8) is 0 Å². The number of methoxy groups -OCH3 is 2. The van der Waals surface area contributed by atoms with Gasteiger partial charge in [-0.05, 0) is 42.7 Å². The summed E-state index contributed by atoms with van der Waals surface area (Å²) in [4.78, 5) is 12.6. The molecule has 0 atom stereocenters. The van der Waals surface area contributed by atoms with Crippen LogP contribution in [0.3, 0.4) is 0 Å². The summed E-state index contributed by atoms with van der Waals surface area (Å²) in [5.74, 6) is 0.852. The normalized spacial score (nSPS) is 14.6. The van der Waals surface area contributed by atoms with E-state index in [9.17, 15) is 13.2 Å². The van der Waals surface area contributed by atoms with E-state index in [0.717, 1.165) is 10.7 Å². The van der Waals surface area contributed by atoms with Gasteiger partial charge in [-0.3, -0.25) is 9.10 Å². The smallest absolute Gasteiger partial charge is 0.269 e. The van der Waals surface area contributed by atoms with E-state index in [1.165, 1.54) is 26.8 Å². The molecule has 1 amide bonds. The van der Waals surface area contributed by atoms with Gasteiger partial charge in [0.2, 0.25) is 0 Å². The van der Waals surface area contributed by atoms with Crippen molar-refractivity contribution in [2.45, 2.75) is 20.3 Å². The molecule has 0 radical (unpaired) electrons. The van der Waals surface area contributed by atoms with Crippen molar-refractivity contribution in [3.05, 3.63) is 52.4 Å². The molecular weight excluding hydrogens is 432 g/mol. The van der Waals surface area contributed by atoms with E-state index in [1.807, 2.05) is 24.3 Å². The number of ether oxygens (including phenoxy) is 3. The van der Waals surface area contributed by atoms with Crippen molar-refractivity contribution in [2.75, 3.05) is 38.7 Å². The minimum Gasteiger partial charge on any atom is -0.493 e. The van der Waals surface area contributed by atoms with Gasteiger partial charge >= 0.3 is 0 Å². The maximum absolute atomic E-state index is 13.1. The summed E-state index contributed by atoms with van der Waals surface area (Å²) >= 11 is 0. The molecule has 0 unspecified atom stereocenters. The fourth-order valence-corrected chi connectivity index (χ4v) is 5.02. The molecule has 2 aromatic carbocycles. The number of nitrogens with one attached hydrogen (secondary N) is 1. The first-order valence-corrected chi connectivity index (χ1v) is 11.6. The van der Waals surface area contributed by atoms with Gasteiger partial charge in [-0.2, -0.15) is 0 Å². The zero-order valence-corrected chi connectivity index (χ0v) is 19.7. The molecule has 9 heteroatoms. The molecule has 3 rings (SSSR count). The van der Waals surface area contributed by atoms with Gasteiger partial charge in [0.05, 0.1) is 26.5 Å². The van der Waals surface area contributed by atoms with Crippen LogP contribution in [0.5, 0.6) is 17.2 Å². The Balaban J connectivity index is 1.79. The zero-order valence-electron chi connectivity index (χ0n) is 18.9. The van der Waals surface area contributed by atoms with Crippen LogP contribution < -0.4 is 23.8 Å². The maximum atomic E-state index is 13.1. The highest BCUT2D eigenvalue weighted by molar-refractivity contribution is 7.97. The number of carbonyl (C=O) groups excluding carboxylic acids is 1. The van der Waals surface area contributed by atoms with Crippen LogP contribution >= 0.6 is 0 Å². The van der Waals surface area contributed by atoms with Crippen LogP contribution in [0.2, 0.25) is 0 Å². The highest BCUT2D eigenvalue weighted by Crippen LogP contribution is 2.44. The van der Waals surface area contributed by atoms with Crippen molar-refractivity contribution in [3.8, 4) is 17.2 Å². The molecule has 0 fully saturated rings. The molecule has 8 nitrogen and oxygen atoms in total. The van der Waals surface area contributed by atoms with Gasteiger partial charge in [-0.15, -0.1) is 0 Å². The quantitative estimate of drug-likeness (QED) is 0.609. The first-order chi connectivity index (χ1) is 15.2. The van der Waals surface area contributed by atoms with Gasteiger partial charge < -0.3 is 19.5 Å². The Hall–Kier alpha value is -3.20. The lowest BCUT2D eigenvalue weighted by Gasteiger charge is -2.30. The number of aryl methyl sites for hydroxylation is 1. The SMILES string of the molecule is CCc1ccc(OCCNC(=O)C2=C(C)c3cc(OC)c(OC)cc3N(C)S2(=O)=O)cc1. The van der Waals surface area contributed by atoms with E-state index < -0.39 is 15.9 Å². The summed E-state index contributed by atoms with van der Waals surface area (Å²) in [5.41, 5.74) is 2.54. The van der Waals surface area contributed by atoms with Crippen LogP contribution in [0.4, 0.5) is 5.69 Å². The molecule has 1 heterocycles. The Bertz CT molecular complexity index is 1140. The Kier molecular flexibility index (Phi) is 6.98. The number of fused-ring (bicyclic) bond motifs is 1. The summed E-state index contributed by atoms with van der Waals surface area (Å²) in [6.07, 6.45) is 0.940. The fraction of sp³-hybridized carbons (Fsp3) is 0.348. The minimum atomic E-state index is -4.04. The molecule has 0 saturated heterocycles. The molecule has 0 spiro atoms. The van der Waals surface area contributed by atoms with Crippen molar-refractivity contribution in [1.29, 1.82) is 0 Å². The summed E-state index contributed by atoms with van der Waals surface area (Å²) in [5, 5.41) is 2.65. The number of benzene rings is 2. The van der Waals surface area contributed by atoms with Crippen LogP contribution in [0.1, 0.15) is 25.0 Å². The number of hydrogen-bond acceptors (Lipinski definition) is 6. The maximum Gasteiger partial charge on any atom is 0.269 e. The summed E-state index contributed by atoms with van der Waals surface area (Å²) < 4.78 is 43.5. The minimum absolute atomic E-state index is 0.156. The summed E-state index contributed by atoms with van der Waals surface area (Å²) in [6, 6.07) is 11.0. The lowest BCUT2D eigenvalue weighted by molar-refractivity contribution is -0.116. The third kappa shape index (κ3) is 4.38. The molecule has 1 aliphatic heterocycles. The number of amides is 1. The number of allylic oxidation sites excluding steroid dienone is 1. The second-order valence-electron chi connectivity index (χ2n) is 7.25. The fourth-order valence-electron chi connectivity index (χ4n) is 3.53. The Labute approximate surface area is 188 Å². The van der Waals surface area contributed by atoms with E-state index in [1.54, 1.807) is 19.1 Å². The summed E-state index contributed by atoms with van der Waals surface area (Å²) in [6.45, 7) is 4.05. The second-order valence-corrected chi connectivity index (χ2v) is 9.16. The van der Waals surface area contributed by atoms with E-state index in [-0.39, 0.29) is 18.1 Å². The molecule has 0 bridgehead atoms. The average Bonchev–Trinajstić information content (AvgIpc) is 2.79. The largest absolute Gasteiger partial charge is 0.493 e. The van der Waals surface area contributed by atoms with Crippen LogP contribution in [0.25, 0.3) is 5.57 Å². The molecular formula is C23H28N2O6S. The van der Waals surface area contributed by atoms with Gasteiger partial charge in [-0.1, -0.05) is 19.1 Å². The van der Waals surface area contributed by atoms with Crippen LogP contribution in [-0.2, 0) is 21.2 Å². The molecule has 0 aliphatic carbocycles. The second kappa shape index (κ2) is 9.52. The molecule has 32 heavy (non-hydrogen) atoms. The van der Waals surface area contributed by atoms with E-state index in [0.29, 0.717) is 34.1 Å². The first kappa shape index (κ1) is 23.5. The predicted octanol–water partition coefficient (Wildman–Crippen LogP) is 2.97. The Morgan fingerprint density at radius 3 is 2.28 bits per heavy atom. The van der Waals surface area contributed by atoms with Gasteiger partial charge in [-0.25, -0.2) is 8.42 Å². The van der Waals surface area contributed by atoms with E-state index in [2.05, 4.69) is 12.2 Å². The lowest BCUT2D eigenvalue weighted by Crippen LogP contribution is -2.40. The average molecular weight is 461 g/mol. The number of anilines is 1. The van der Waals surface area contributed by atoms with Crippen molar-refractivity contribution in [2.24, 2.45) is 0 Å². The van der Waals surface area contributed by atoms with Crippen LogP contribution in [-0.4, -0.2) is 48.7 Å². The standard InChI is InChI=1S/C23H28N2O6S/c1-6-16-7-9-17(10-8-16)31-12-11-24-23(26)22-15(2)18-13-20(29-4)21(30-5)14-19(18)25(3)32(22,27)28/h7-10,13-14H,6,11-12H2,1-5H3,(H,24,26). The van der Waals surface area contributed by atoms with Crippen molar-refractivity contribution < 1.29 is 27.4 Å². The van der Waals surface area contributed by atoms with E-state index in [4.69, 9.17) is 14.2 Å². The predicted molar refractivity (Wildman–Crippen MR) is 124 cm³/mol. The molecule has 0 aromatic heterocycles. The van der Waals surface area contributed by atoms with Crippen LogP contribution in [0.15, 0.2) is 41.3 Å². The van der Waals surface area contributed by atoms with Gasteiger partial charge in [0.25, 0.3) is 15.9 Å². The highest BCUT2D eigenvalue weighted by Gasteiger charge is 2.38. The highest BCUT2D eigenvalue weighted by atomic mass is 32.2. The van der Waals surface area contributed by atoms with Crippen LogP contribution in [0, 0.1) is 0 Å². The number of hydrogen-bond donors (Lipinski definition) is 1. The summed E-state index contributed by atoms with van der Waals surface area (Å²) in [7, 11) is 0.335. The molecule has 1 aliphatic rings. The first-order valence-electron chi connectivity index (χ1n) is 10.2. The monoisotopic (exact) mass is 460 g/mol. The molecule has 2 aromatic rings. The number of nitrogens with zero attached hydrogens (tertiary/aromatic N) is 1. The number of sulfonamides is 1. The van der Waals surface area contributed by atoms with Crippen molar-refractivity contribution in [1.82, 2.24) is 5.32 Å². The topological polar surface area (TPSA) is 94.2 Å². The third-order valence-corrected chi connectivity index (χ3v) is 7.32. The lowest BCUT2D eigenvalue weighted by atomic mass is 10.0. The number of carbonyl (C=O) groups is 1. The van der Waals surface area contributed by atoms with Gasteiger partial charge in [0, 0.05) is 18.7 Å². The molecule has 1 N–H and O–H groups in total. The van der Waals surface area contributed by atoms with E-state index >= 15 is 0 Å². The zero-order chi connectivity index (χ0) is 23.5. The van der Waals surface area contributed by atoms with Crippen molar-refractivity contribution >= 4 is 27.2 Å². The molecule has 0 saturated carbocycles. The number of rotatable bonds is 8. The molecule has 172 valence electrons. The van der Waals surface area contributed by atoms with Gasteiger partial charge in [0.1, 0.15) is 12.4 Å². The Morgan fingerprint density at radius 1 is 1.06 bits per heavy atom. The van der Waals surface area contributed by atoms with Gasteiger partial charge in [0.15, 0.2) is 16.4 Å². The third-order valence-electron chi connectivity index (χ3n) is 5.40.